The molecular formula is C28H38N2O3. The number of carbonyl (C=O) groups is 1. The zero-order valence-electron chi connectivity index (χ0n) is 20.0. The molecule has 0 N–H and O–H groups in total. The quantitative estimate of drug-likeness (QED) is 0.550. The second-order valence-electron chi connectivity index (χ2n) is 9.42. The Kier molecular flexibility index (Phi) is 8.79. The summed E-state index contributed by atoms with van der Waals surface area (Å²) in [5.74, 6) is 0.914. The molecule has 2 aliphatic heterocycles. The van der Waals surface area contributed by atoms with Crippen molar-refractivity contribution in [1.29, 1.82) is 0 Å². The highest BCUT2D eigenvalue weighted by Gasteiger charge is 2.21. The van der Waals surface area contributed by atoms with Gasteiger partial charge in [0.05, 0.1) is 6.10 Å². The molecule has 0 spiro atoms. The maximum Gasteiger partial charge on any atom is 0.253 e. The van der Waals surface area contributed by atoms with Crippen molar-refractivity contribution in [2.24, 2.45) is 0 Å². The fourth-order valence-electron chi connectivity index (χ4n) is 4.75. The summed E-state index contributed by atoms with van der Waals surface area (Å²) >= 11 is 0. The van der Waals surface area contributed by atoms with E-state index in [1.165, 1.54) is 12.0 Å². The van der Waals surface area contributed by atoms with Gasteiger partial charge in [-0.05, 0) is 74.8 Å². The molecule has 0 saturated carbocycles. The number of ether oxygens (including phenoxy) is 2. The van der Waals surface area contributed by atoms with E-state index in [-0.39, 0.29) is 12.0 Å². The lowest BCUT2D eigenvalue weighted by molar-refractivity contribution is 0.00709. The molecule has 1 atom stereocenters. The molecule has 2 heterocycles. The summed E-state index contributed by atoms with van der Waals surface area (Å²) in [6.45, 7) is 4.84. The predicted octanol–water partition coefficient (Wildman–Crippen LogP) is 4.80. The van der Waals surface area contributed by atoms with Gasteiger partial charge in [-0.2, -0.15) is 0 Å². The third kappa shape index (κ3) is 7.31. The van der Waals surface area contributed by atoms with Crippen LogP contribution in [0.15, 0.2) is 54.6 Å². The molecule has 1 unspecified atom stereocenters. The molecule has 0 aromatic heterocycles. The van der Waals surface area contributed by atoms with Crippen LogP contribution in [0.5, 0.6) is 5.75 Å². The van der Waals surface area contributed by atoms with Crippen molar-refractivity contribution >= 4 is 5.91 Å². The lowest BCUT2D eigenvalue weighted by Gasteiger charge is -2.32. The first-order chi connectivity index (χ1) is 16.2. The van der Waals surface area contributed by atoms with E-state index in [9.17, 15) is 4.79 Å². The van der Waals surface area contributed by atoms with E-state index in [0.29, 0.717) is 11.7 Å². The van der Waals surface area contributed by atoms with Crippen LogP contribution in [0, 0.1) is 0 Å². The van der Waals surface area contributed by atoms with Crippen LogP contribution in [0.3, 0.4) is 0 Å². The minimum atomic E-state index is 0.0593. The van der Waals surface area contributed by atoms with Crippen molar-refractivity contribution in [1.82, 2.24) is 9.80 Å². The molecule has 178 valence electrons. The van der Waals surface area contributed by atoms with Gasteiger partial charge in [-0.1, -0.05) is 30.3 Å². The SMILES string of the molecule is CN(CCC1CCCCO1)C(=O)c1ccc(OC2CCN(CCc3ccccc3)CC2)cc1. The fourth-order valence-corrected chi connectivity index (χ4v) is 4.75. The Labute approximate surface area is 198 Å². The van der Waals surface area contributed by atoms with E-state index >= 15 is 0 Å². The van der Waals surface area contributed by atoms with Gasteiger partial charge in [-0.15, -0.1) is 0 Å². The van der Waals surface area contributed by atoms with Crippen LogP contribution in [0.1, 0.15) is 54.4 Å². The van der Waals surface area contributed by atoms with Crippen LogP contribution in [0.2, 0.25) is 0 Å². The number of hydrogen-bond donors (Lipinski definition) is 0. The Bertz CT molecular complexity index is 841. The van der Waals surface area contributed by atoms with Crippen LogP contribution in [0.4, 0.5) is 0 Å². The first-order valence-corrected chi connectivity index (χ1v) is 12.6. The number of hydrogen-bond acceptors (Lipinski definition) is 4. The van der Waals surface area contributed by atoms with E-state index in [4.69, 9.17) is 9.47 Å². The lowest BCUT2D eigenvalue weighted by atomic mass is 10.1. The van der Waals surface area contributed by atoms with Crippen LogP contribution >= 0.6 is 0 Å². The minimum Gasteiger partial charge on any atom is -0.490 e. The van der Waals surface area contributed by atoms with Crippen molar-refractivity contribution in [2.75, 3.05) is 39.8 Å². The number of piperidine rings is 1. The van der Waals surface area contributed by atoms with Gasteiger partial charge in [0.2, 0.25) is 0 Å². The number of amides is 1. The summed E-state index contributed by atoms with van der Waals surface area (Å²) in [4.78, 5) is 17.1. The van der Waals surface area contributed by atoms with Gasteiger partial charge in [-0.25, -0.2) is 0 Å². The molecule has 33 heavy (non-hydrogen) atoms. The third-order valence-electron chi connectivity index (χ3n) is 6.91. The van der Waals surface area contributed by atoms with E-state index in [1.807, 2.05) is 31.3 Å². The fraction of sp³-hybridized carbons (Fsp3) is 0.536. The standard InChI is InChI=1S/C28H38N2O3/c1-29(18-15-25-9-5-6-22-32-25)28(31)24-10-12-26(13-11-24)33-27-16-20-30(21-17-27)19-14-23-7-3-2-4-8-23/h2-4,7-8,10-13,25,27H,5-6,9,14-22H2,1H3. The molecule has 2 aromatic rings. The zero-order valence-corrected chi connectivity index (χ0v) is 20.0. The van der Waals surface area contributed by atoms with Gasteiger partial charge in [0.25, 0.3) is 5.91 Å². The summed E-state index contributed by atoms with van der Waals surface area (Å²) in [5.41, 5.74) is 2.11. The second kappa shape index (κ2) is 12.2. The molecule has 1 amide bonds. The minimum absolute atomic E-state index is 0.0593. The van der Waals surface area contributed by atoms with Crippen molar-refractivity contribution in [3.8, 4) is 5.75 Å². The average molecular weight is 451 g/mol. The van der Waals surface area contributed by atoms with Crippen molar-refractivity contribution in [2.45, 2.75) is 57.2 Å². The molecule has 0 aliphatic carbocycles. The molecule has 5 heteroatoms. The van der Waals surface area contributed by atoms with Crippen LogP contribution in [-0.4, -0.2) is 67.7 Å². The maximum atomic E-state index is 12.8. The molecule has 2 aromatic carbocycles. The van der Waals surface area contributed by atoms with Crippen LogP contribution in [-0.2, 0) is 11.2 Å². The van der Waals surface area contributed by atoms with E-state index < -0.39 is 0 Å². The lowest BCUT2D eigenvalue weighted by Crippen LogP contribution is -2.39. The highest BCUT2D eigenvalue weighted by Crippen LogP contribution is 2.21. The monoisotopic (exact) mass is 450 g/mol. The highest BCUT2D eigenvalue weighted by atomic mass is 16.5. The Morgan fingerprint density at radius 1 is 1.03 bits per heavy atom. The Morgan fingerprint density at radius 3 is 2.48 bits per heavy atom. The van der Waals surface area contributed by atoms with Crippen molar-refractivity contribution < 1.29 is 14.3 Å². The smallest absolute Gasteiger partial charge is 0.253 e. The molecule has 0 radical (unpaired) electrons. The van der Waals surface area contributed by atoms with Gasteiger partial charge in [0.15, 0.2) is 0 Å². The molecule has 4 rings (SSSR count). The van der Waals surface area contributed by atoms with Crippen LogP contribution in [0.25, 0.3) is 0 Å². The number of carbonyl (C=O) groups excluding carboxylic acids is 1. The highest BCUT2D eigenvalue weighted by molar-refractivity contribution is 5.94. The number of likely N-dealkylation sites (tertiary alicyclic amines) is 1. The Hall–Kier alpha value is -2.37. The molecule has 2 saturated heterocycles. The van der Waals surface area contributed by atoms with Crippen LogP contribution < -0.4 is 4.74 Å². The van der Waals surface area contributed by atoms with Gasteiger partial charge in [0.1, 0.15) is 11.9 Å². The van der Waals surface area contributed by atoms with Gasteiger partial charge in [0, 0.05) is 45.4 Å². The summed E-state index contributed by atoms with van der Waals surface area (Å²) in [5, 5.41) is 0. The Morgan fingerprint density at radius 2 is 1.79 bits per heavy atom. The third-order valence-corrected chi connectivity index (χ3v) is 6.91. The number of nitrogens with zero attached hydrogens (tertiary/aromatic N) is 2. The zero-order chi connectivity index (χ0) is 22.9. The number of rotatable bonds is 9. The van der Waals surface area contributed by atoms with E-state index in [1.54, 1.807) is 4.90 Å². The second-order valence-corrected chi connectivity index (χ2v) is 9.42. The van der Waals surface area contributed by atoms with E-state index in [2.05, 4.69) is 35.2 Å². The molecule has 2 aliphatic rings. The van der Waals surface area contributed by atoms with Gasteiger partial charge < -0.3 is 19.3 Å². The molecular weight excluding hydrogens is 412 g/mol. The molecule has 5 nitrogen and oxygen atoms in total. The van der Waals surface area contributed by atoms with Crippen molar-refractivity contribution in [3.63, 3.8) is 0 Å². The normalized spacial score (nSPS) is 19.8. The predicted molar refractivity (Wildman–Crippen MR) is 132 cm³/mol. The number of benzene rings is 2. The van der Waals surface area contributed by atoms with Gasteiger partial charge >= 0.3 is 0 Å². The summed E-state index contributed by atoms with van der Waals surface area (Å²) in [6, 6.07) is 18.3. The molecule has 0 bridgehead atoms. The first-order valence-electron chi connectivity index (χ1n) is 12.6. The first kappa shape index (κ1) is 23.8. The Balaban J connectivity index is 1.17. The van der Waals surface area contributed by atoms with Gasteiger partial charge in [-0.3, -0.25) is 4.79 Å². The summed E-state index contributed by atoms with van der Waals surface area (Å²) in [7, 11) is 1.88. The average Bonchev–Trinajstić information content (AvgIpc) is 2.88. The topological polar surface area (TPSA) is 42.0 Å². The van der Waals surface area contributed by atoms with Crippen molar-refractivity contribution in [3.05, 3.63) is 65.7 Å². The van der Waals surface area contributed by atoms with E-state index in [0.717, 1.165) is 77.1 Å². The largest absolute Gasteiger partial charge is 0.490 e. The maximum absolute atomic E-state index is 12.8. The summed E-state index contributed by atoms with van der Waals surface area (Å²) < 4.78 is 12.0. The molecule has 2 fully saturated rings. The summed E-state index contributed by atoms with van der Waals surface area (Å²) in [6.07, 6.45) is 8.15.